The molecule has 0 aromatic heterocycles. The average Bonchev–Trinajstić information content (AvgIpc) is 1.59. The zero-order chi connectivity index (χ0) is 8.20. The molecule has 0 saturated heterocycles. The van der Waals surface area contributed by atoms with Gasteiger partial charge in [0, 0.05) is 0 Å². The molecule has 1 unspecified atom stereocenters. The van der Waals surface area contributed by atoms with Crippen molar-refractivity contribution in [1.82, 2.24) is 5.32 Å². The van der Waals surface area contributed by atoms with E-state index in [9.17, 15) is 8.42 Å². The Labute approximate surface area is 61.4 Å². The first kappa shape index (κ1) is 9.87. The van der Waals surface area contributed by atoms with Crippen LogP contribution in [0.3, 0.4) is 0 Å². The summed E-state index contributed by atoms with van der Waals surface area (Å²) in [4.78, 5) is 0. The van der Waals surface area contributed by atoms with Gasteiger partial charge in [-0.2, -0.15) is 8.42 Å². The van der Waals surface area contributed by atoms with E-state index in [4.69, 9.17) is 4.55 Å². The van der Waals surface area contributed by atoms with Crippen LogP contribution in [0.5, 0.6) is 0 Å². The molecule has 0 aromatic carbocycles. The maximum absolute atomic E-state index is 10.2. The molecule has 0 aliphatic heterocycles. The van der Waals surface area contributed by atoms with Crippen molar-refractivity contribution in [3.05, 3.63) is 0 Å². The van der Waals surface area contributed by atoms with E-state index in [1.54, 1.807) is 14.0 Å². The van der Waals surface area contributed by atoms with Crippen LogP contribution in [0.2, 0.25) is 0 Å². The lowest BCUT2D eigenvalue weighted by Crippen LogP contribution is -2.23. The molecule has 10 heavy (non-hydrogen) atoms. The van der Waals surface area contributed by atoms with Gasteiger partial charge in [-0.05, 0) is 19.5 Å². The summed E-state index contributed by atoms with van der Waals surface area (Å²) in [5.74, 6) is -0.214. The first-order valence-electron chi connectivity index (χ1n) is 3.05. The van der Waals surface area contributed by atoms with Gasteiger partial charge in [-0.15, -0.1) is 0 Å². The quantitative estimate of drug-likeness (QED) is 0.566. The predicted molar refractivity (Wildman–Crippen MR) is 39.5 cm³/mol. The smallest absolute Gasteiger partial charge is 0.265 e. The lowest BCUT2D eigenvalue weighted by atomic mass is 10.2. The van der Waals surface area contributed by atoms with Gasteiger partial charge < -0.3 is 5.32 Å². The fourth-order valence-electron chi connectivity index (χ4n) is 0.767. The van der Waals surface area contributed by atoms with E-state index in [1.807, 2.05) is 0 Å². The molecule has 0 fully saturated rings. The number of rotatable bonds is 4. The third-order valence-electron chi connectivity index (χ3n) is 1.05. The largest absolute Gasteiger partial charge is 0.319 e. The molecule has 1 atom stereocenters. The Balaban J connectivity index is 3.69. The lowest BCUT2D eigenvalue weighted by Gasteiger charge is -2.06. The van der Waals surface area contributed by atoms with Crippen LogP contribution < -0.4 is 5.32 Å². The molecule has 0 aliphatic rings. The van der Waals surface area contributed by atoms with E-state index in [2.05, 4.69) is 5.32 Å². The zero-order valence-corrected chi connectivity index (χ0v) is 6.98. The summed E-state index contributed by atoms with van der Waals surface area (Å²) in [6, 6.07) is 0. The van der Waals surface area contributed by atoms with Gasteiger partial charge in [0.25, 0.3) is 10.1 Å². The lowest BCUT2D eigenvalue weighted by molar-refractivity contribution is 0.466. The monoisotopic (exact) mass is 167 g/mol. The Morgan fingerprint density at radius 1 is 1.60 bits per heavy atom. The normalized spacial score (nSPS) is 15.1. The molecule has 0 amide bonds. The van der Waals surface area contributed by atoms with Crippen molar-refractivity contribution in [3.8, 4) is 0 Å². The molecule has 2 N–H and O–H groups in total. The van der Waals surface area contributed by atoms with Crippen LogP contribution in [0, 0.1) is 5.92 Å². The maximum atomic E-state index is 10.2. The van der Waals surface area contributed by atoms with E-state index < -0.39 is 10.1 Å². The first-order chi connectivity index (χ1) is 4.45. The molecule has 0 spiro atoms. The first-order valence-corrected chi connectivity index (χ1v) is 4.66. The minimum atomic E-state index is -3.79. The van der Waals surface area contributed by atoms with Crippen molar-refractivity contribution in [2.45, 2.75) is 6.92 Å². The Morgan fingerprint density at radius 2 is 2.10 bits per heavy atom. The van der Waals surface area contributed by atoms with Gasteiger partial charge >= 0.3 is 0 Å². The van der Waals surface area contributed by atoms with Gasteiger partial charge in [-0.1, -0.05) is 6.92 Å². The molecule has 62 valence electrons. The molecule has 0 aliphatic carbocycles. The van der Waals surface area contributed by atoms with Crippen LogP contribution in [0.4, 0.5) is 0 Å². The molecule has 0 bridgehead atoms. The molecule has 0 radical (unpaired) electrons. The van der Waals surface area contributed by atoms with E-state index in [0.717, 1.165) is 0 Å². The third-order valence-corrected chi connectivity index (χ3v) is 2.04. The van der Waals surface area contributed by atoms with Gasteiger partial charge in [0.05, 0.1) is 5.75 Å². The van der Waals surface area contributed by atoms with Crippen LogP contribution in [-0.4, -0.2) is 32.3 Å². The topological polar surface area (TPSA) is 66.4 Å². The summed E-state index contributed by atoms with van der Waals surface area (Å²) in [6.07, 6.45) is 0. The summed E-state index contributed by atoms with van der Waals surface area (Å²) >= 11 is 0. The van der Waals surface area contributed by atoms with Crippen LogP contribution in [0.1, 0.15) is 6.92 Å². The van der Waals surface area contributed by atoms with Gasteiger partial charge in [-0.25, -0.2) is 0 Å². The minimum absolute atomic E-state index is 0.0417. The van der Waals surface area contributed by atoms with E-state index >= 15 is 0 Å². The highest BCUT2D eigenvalue weighted by molar-refractivity contribution is 7.85. The second-order valence-electron chi connectivity index (χ2n) is 2.41. The summed E-state index contributed by atoms with van der Waals surface area (Å²) in [5.41, 5.74) is 0. The summed E-state index contributed by atoms with van der Waals surface area (Å²) in [7, 11) is -2.05. The summed E-state index contributed by atoms with van der Waals surface area (Å²) in [6.45, 7) is 2.35. The van der Waals surface area contributed by atoms with Crippen molar-refractivity contribution in [2.24, 2.45) is 5.92 Å². The van der Waals surface area contributed by atoms with Crippen molar-refractivity contribution < 1.29 is 13.0 Å². The maximum Gasteiger partial charge on any atom is 0.265 e. The van der Waals surface area contributed by atoms with Gasteiger partial charge in [-0.3, -0.25) is 4.55 Å². The van der Waals surface area contributed by atoms with Gasteiger partial charge in [0.1, 0.15) is 0 Å². The molecule has 0 heterocycles. The Hall–Kier alpha value is -0.130. The molecular weight excluding hydrogens is 154 g/mol. The molecular formula is C5H13NO3S. The van der Waals surface area contributed by atoms with Crippen molar-refractivity contribution in [1.29, 1.82) is 0 Å². The highest BCUT2D eigenvalue weighted by atomic mass is 32.2. The highest BCUT2D eigenvalue weighted by Gasteiger charge is 2.10. The SMILES string of the molecule is CNCC(C)CS(=O)(=O)O. The number of hydrogen-bond donors (Lipinski definition) is 2. The Morgan fingerprint density at radius 3 is 2.40 bits per heavy atom. The fourth-order valence-corrected chi connectivity index (χ4v) is 1.60. The standard InChI is InChI=1S/C5H13NO3S/c1-5(3-6-2)4-10(7,8)9/h5-6H,3-4H2,1-2H3,(H,7,8,9). The van der Waals surface area contributed by atoms with Crippen LogP contribution in [-0.2, 0) is 10.1 Å². The van der Waals surface area contributed by atoms with Gasteiger partial charge in [0.15, 0.2) is 0 Å². The molecule has 5 heteroatoms. The second-order valence-corrected chi connectivity index (χ2v) is 3.91. The zero-order valence-electron chi connectivity index (χ0n) is 6.16. The molecule has 0 rings (SSSR count). The van der Waals surface area contributed by atoms with Crippen LogP contribution >= 0.6 is 0 Å². The average molecular weight is 167 g/mol. The second kappa shape index (κ2) is 3.90. The van der Waals surface area contributed by atoms with E-state index in [1.165, 1.54) is 0 Å². The highest BCUT2D eigenvalue weighted by Crippen LogP contribution is 1.96. The van der Waals surface area contributed by atoms with Crippen molar-refractivity contribution in [3.63, 3.8) is 0 Å². The predicted octanol–water partition coefficient (Wildman–Crippen LogP) is -0.270. The number of hydrogen-bond acceptors (Lipinski definition) is 3. The fraction of sp³-hybridized carbons (Fsp3) is 1.00. The summed E-state index contributed by atoms with van der Waals surface area (Å²) in [5, 5.41) is 2.81. The summed E-state index contributed by atoms with van der Waals surface area (Å²) < 4.78 is 28.8. The number of nitrogens with one attached hydrogen (secondary N) is 1. The minimum Gasteiger partial charge on any atom is -0.319 e. The van der Waals surface area contributed by atoms with Crippen LogP contribution in [0.15, 0.2) is 0 Å². The van der Waals surface area contributed by atoms with Crippen molar-refractivity contribution >= 4 is 10.1 Å². The molecule has 4 nitrogen and oxygen atoms in total. The van der Waals surface area contributed by atoms with E-state index in [-0.39, 0.29) is 11.7 Å². The third kappa shape index (κ3) is 6.00. The van der Waals surface area contributed by atoms with Crippen molar-refractivity contribution in [2.75, 3.05) is 19.3 Å². The Bertz CT molecular complexity index is 175. The van der Waals surface area contributed by atoms with E-state index in [0.29, 0.717) is 6.54 Å². The van der Waals surface area contributed by atoms with Gasteiger partial charge in [0.2, 0.25) is 0 Å². The van der Waals surface area contributed by atoms with Crippen LogP contribution in [0.25, 0.3) is 0 Å². The molecule has 0 aromatic rings. The molecule has 0 saturated carbocycles. The Kier molecular flexibility index (Phi) is 3.85.